The molecule has 0 fully saturated rings. The Hall–Kier alpha value is -1.79. The molecule has 0 amide bonds. The zero-order valence-corrected chi connectivity index (χ0v) is 9.90. The topological polar surface area (TPSA) is 72.3 Å². The van der Waals surface area contributed by atoms with E-state index in [1.54, 1.807) is 18.4 Å². The number of nitrogens with zero attached hydrogens (tertiary/aromatic N) is 2. The molecule has 0 saturated carbocycles. The van der Waals surface area contributed by atoms with Crippen molar-refractivity contribution >= 4 is 17.3 Å². The van der Waals surface area contributed by atoms with E-state index in [0.717, 1.165) is 16.0 Å². The first kappa shape index (κ1) is 11.7. The van der Waals surface area contributed by atoms with Crippen molar-refractivity contribution in [2.45, 2.75) is 6.61 Å². The second-order valence-electron chi connectivity index (χ2n) is 3.34. The van der Waals surface area contributed by atoms with E-state index in [-0.39, 0.29) is 5.82 Å². The van der Waals surface area contributed by atoms with Gasteiger partial charge in [0.05, 0.1) is 6.61 Å². The molecule has 0 aliphatic heterocycles. The van der Waals surface area contributed by atoms with Crippen LogP contribution in [-0.2, 0) is 11.3 Å². The molecule has 0 unspecified atom stereocenters. The van der Waals surface area contributed by atoms with Crippen LogP contribution < -0.4 is 0 Å². The van der Waals surface area contributed by atoms with Crippen molar-refractivity contribution in [2.24, 2.45) is 0 Å². The number of carboxylic acid groups (broad SMARTS) is 1. The molecular formula is C11H10N2O3S. The van der Waals surface area contributed by atoms with Gasteiger partial charge in [0.15, 0.2) is 0 Å². The minimum Gasteiger partial charge on any atom is -0.475 e. The molecule has 0 spiro atoms. The van der Waals surface area contributed by atoms with Crippen LogP contribution in [-0.4, -0.2) is 28.2 Å². The number of thiophene rings is 1. The minimum absolute atomic E-state index is 0.193. The second kappa shape index (κ2) is 5.03. The highest BCUT2D eigenvalue weighted by atomic mass is 32.1. The molecule has 0 aromatic carbocycles. The van der Waals surface area contributed by atoms with Gasteiger partial charge in [-0.3, -0.25) is 0 Å². The third-order valence-electron chi connectivity index (χ3n) is 2.12. The van der Waals surface area contributed by atoms with E-state index in [9.17, 15) is 4.79 Å². The molecule has 2 aromatic heterocycles. The van der Waals surface area contributed by atoms with Crippen molar-refractivity contribution in [3.8, 4) is 11.1 Å². The predicted molar refractivity (Wildman–Crippen MR) is 63.0 cm³/mol. The molecule has 6 heteroatoms. The molecule has 1 N–H and O–H groups in total. The number of hydrogen-bond acceptors (Lipinski definition) is 5. The van der Waals surface area contributed by atoms with Crippen LogP contribution in [0.1, 0.15) is 15.5 Å². The number of carboxylic acids is 1. The molecule has 0 bridgehead atoms. The van der Waals surface area contributed by atoms with E-state index in [2.05, 4.69) is 9.97 Å². The fourth-order valence-electron chi connectivity index (χ4n) is 1.34. The Morgan fingerprint density at radius 1 is 1.41 bits per heavy atom. The van der Waals surface area contributed by atoms with E-state index < -0.39 is 5.97 Å². The zero-order chi connectivity index (χ0) is 12.3. The summed E-state index contributed by atoms with van der Waals surface area (Å²) in [6, 6.07) is 1.98. The number of aromatic nitrogens is 2. The Labute approximate surface area is 102 Å². The normalized spacial score (nSPS) is 10.4. The van der Waals surface area contributed by atoms with Crippen LogP contribution in [0.5, 0.6) is 0 Å². The molecule has 2 aromatic rings. The van der Waals surface area contributed by atoms with Gasteiger partial charge in [-0.15, -0.1) is 11.3 Å². The van der Waals surface area contributed by atoms with Gasteiger partial charge in [-0.25, -0.2) is 14.8 Å². The van der Waals surface area contributed by atoms with Crippen LogP contribution in [0.3, 0.4) is 0 Å². The van der Waals surface area contributed by atoms with Crippen LogP contribution in [0.25, 0.3) is 11.1 Å². The fourth-order valence-corrected chi connectivity index (χ4v) is 2.20. The summed E-state index contributed by atoms with van der Waals surface area (Å²) in [5.41, 5.74) is 1.77. The summed E-state index contributed by atoms with van der Waals surface area (Å²) in [6.07, 6.45) is 3.02. The standard InChI is InChI=1S/C11H10N2O3S/c1-16-5-9-2-7(6-17-9)8-3-12-10(11(14)15)13-4-8/h2-4,6H,5H2,1H3,(H,14,15). The largest absolute Gasteiger partial charge is 0.475 e. The minimum atomic E-state index is -1.12. The van der Waals surface area contributed by atoms with E-state index in [1.165, 1.54) is 12.4 Å². The van der Waals surface area contributed by atoms with Crippen molar-refractivity contribution < 1.29 is 14.6 Å². The number of rotatable bonds is 4. The van der Waals surface area contributed by atoms with Crippen LogP contribution in [0, 0.1) is 0 Å². The molecular weight excluding hydrogens is 240 g/mol. The van der Waals surface area contributed by atoms with Gasteiger partial charge in [0, 0.05) is 29.9 Å². The van der Waals surface area contributed by atoms with Crippen LogP contribution in [0.15, 0.2) is 23.8 Å². The quantitative estimate of drug-likeness (QED) is 0.899. The summed E-state index contributed by atoms with van der Waals surface area (Å²) in [6.45, 7) is 0.568. The molecule has 2 rings (SSSR count). The summed E-state index contributed by atoms with van der Waals surface area (Å²) in [5.74, 6) is -1.32. The molecule has 0 aliphatic rings. The monoisotopic (exact) mass is 250 g/mol. The Kier molecular flexibility index (Phi) is 3.46. The van der Waals surface area contributed by atoms with Gasteiger partial charge in [-0.05, 0) is 17.0 Å². The number of carbonyl (C=O) groups is 1. The summed E-state index contributed by atoms with van der Waals surface area (Å²) in [5, 5.41) is 10.6. The smallest absolute Gasteiger partial charge is 0.373 e. The van der Waals surface area contributed by atoms with Gasteiger partial charge in [0.2, 0.25) is 5.82 Å². The van der Waals surface area contributed by atoms with Crippen molar-refractivity contribution in [2.75, 3.05) is 7.11 Å². The lowest BCUT2D eigenvalue weighted by molar-refractivity contribution is 0.0683. The van der Waals surface area contributed by atoms with Gasteiger partial charge in [-0.1, -0.05) is 0 Å². The highest BCUT2D eigenvalue weighted by molar-refractivity contribution is 7.10. The first-order chi connectivity index (χ1) is 8.20. The maximum Gasteiger partial charge on any atom is 0.373 e. The van der Waals surface area contributed by atoms with Gasteiger partial charge in [0.1, 0.15) is 0 Å². The van der Waals surface area contributed by atoms with Gasteiger partial charge >= 0.3 is 5.97 Å². The van der Waals surface area contributed by atoms with Gasteiger partial charge in [-0.2, -0.15) is 0 Å². The molecule has 0 radical (unpaired) electrons. The summed E-state index contributed by atoms with van der Waals surface area (Å²) >= 11 is 1.58. The first-order valence-electron chi connectivity index (χ1n) is 4.83. The molecule has 0 aliphatic carbocycles. The van der Waals surface area contributed by atoms with Crippen LogP contribution >= 0.6 is 11.3 Å². The van der Waals surface area contributed by atoms with Crippen molar-refractivity contribution in [1.82, 2.24) is 9.97 Å². The summed E-state index contributed by atoms with van der Waals surface area (Å²) in [4.78, 5) is 19.2. The number of hydrogen-bond donors (Lipinski definition) is 1. The zero-order valence-electron chi connectivity index (χ0n) is 9.08. The lowest BCUT2D eigenvalue weighted by Crippen LogP contribution is -2.02. The third kappa shape index (κ3) is 2.66. The summed E-state index contributed by atoms with van der Waals surface area (Å²) in [7, 11) is 1.64. The highest BCUT2D eigenvalue weighted by Gasteiger charge is 2.07. The van der Waals surface area contributed by atoms with Crippen molar-refractivity contribution in [3.05, 3.63) is 34.5 Å². The van der Waals surface area contributed by atoms with Crippen molar-refractivity contribution in [1.29, 1.82) is 0 Å². The lowest BCUT2D eigenvalue weighted by Gasteiger charge is -1.97. The van der Waals surface area contributed by atoms with Gasteiger partial charge < -0.3 is 9.84 Å². The highest BCUT2D eigenvalue weighted by Crippen LogP contribution is 2.24. The van der Waals surface area contributed by atoms with E-state index in [4.69, 9.17) is 9.84 Å². The number of ether oxygens (including phenoxy) is 1. The Morgan fingerprint density at radius 3 is 2.71 bits per heavy atom. The predicted octanol–water partition coefficient (Wildman–Crippen LogP) is 2.05. The van der Waals surface area contributed by atoms with Crippen LogP contribution in [0.4, 0.5) is 0 Å². The van der Waals surface area contributed by atoms with Crippen LogP contribution in [0.2, 0.25) is 0 Å². The van der Waals surface area contributed by atoms with E-state index >= 15 is 0 Å². The second-order valence-corrected chi connectivity index (χ2v) is 4.33. The molecule has 17 heavy (non-hydrogen) atoms. The SMILES string of the molecule is COCc1cc(-c2cnc(C(=O)O)nc2)cs1. The summed E-state index contributed by atoms with van der Waals surface area (Å²) < 4.78 is 5.03. The Morgan fingerprint density at radius 2 is 2.12 bits per heavy atom. The van der Waals surface area contributed by atoms with E-state index in [1.807, 2.05) is 11.4 Å². The number of aromatic carboxylic acids is 1. The first-order valence-corrected chi connectivity index (χ1v) is 5.70. The maximum absolute atomic E-state index is 10.6. The van der Waals surface area contributed by atoms with E-state index in [0.29, 0.717) is 6.61 Å². The third-order valence-corrected chi connectivity index (χ3v) is 3.03. The maximum atomic E-state index is 10.6. The average Bonchev–Trinajstić information content (AvgIpc) is 2.78. The fraction of sp³-hybridized carbons (Fsp3) is 0.182. The average molecular weight is 250 g/mol. The Balaban J connectivity index is 2.23. The molecule has 0 saturated heterocycles. The molecule has 2 heterocycles. The van der Waals surface area contributed by atoms with Gasteiger partial charge in [0.25, 0.3) is 0 Å². The van der Waals surface area contributed by atoms with Crippen molar-refractivity contribution in [3.63, 3.8) is 0 Å². The molecule has 0 atom stereocenters. The Bertz CT molecular complexity index is 522. The number of methoxy groups -OCH3 is 1. The molecule has 5 nitrogen and oxygen atoms in total. The molecule has 88 valence electrons. The lowest BCUT2D eigenvalue weighted by atomic mass is 10.2.